The van der Waals surface area contributed by atoms with Crippen molar-refractivity contribution in [2.45, 2.75) is 32.2 Å². The van der Waals surface area contributed by atoms with Gasteiger partial charge in [-0.25, -0.2) is 0 Å². The lowest BCUT2D eigenvalue weighted by molar-refractivity contribution is -0.682. The molecular weight excluding hydrogens is 306 g/mol. The highest BCUT2D eigenvalue weighted by Gasteiger charge is 2.23. The number of carbonyl (C=O) groups is 1. The maximum atomic E-state index is 12.2. The van der Waals surface area contributed by atoms with Crippen LogP contribution in [0.3, 0.4) is 0 Å². The summed E-state index contributed by atoms with van der Waals surface area (Å²) in [5.41, 5.74) is 3.02. The average molecular weight is 326 g/mol. The van der Waals surface area contributed by atoms with Crippen LogP contribution < -0.4 is 10.6 Å². The first-order chi connectivity index (χ1) is 11.2. The van der Waals surface area contributed by atoms with Gasteiger partial charge in [-0.05, 0) is 31.7 Å². The van der Waals surface area contributed by atoms with Crippen LogP contribution in [0.15, 0.2) is 30.3 Å². The Morgan fingerprint density at radius 3 is 2.91 bits per heavy atom. The van der Waals surface area contributed by atoms with Crippen molar-refractivity contribution < 1.29 is 10.1 Å². The second-order valence-electron chi connectivity index (χ2n) is 5.86. The number of carbonyl (C=O) groups excluding carboxylic acids is 1. The van der Waals surface area contributed by atoms with E-state index in [4.69, 9.17) is 0 Å². The number of nitrogens with two attached hydrogens (primary N) is 1. The minimum Gasteiger partial charge on any atom is -0.333 e. The molecule has 1 aromatic heterocycles. The first-order valence-corrected chi connectivity index (χ1v) is 8.73. The van der Waals surface area contributed by atoms with Crippen LogP contribution >= 0.6 is 11.3 Å². The van der Waals surface area contributed by atoms with E-state index in [1.807, 2.05) is 23.5 Å². The molecule has 4 nitrogen and oxygen atoms in total. The van der Waals surface area contributed by atoms with E-state index in [1.54, 1.807) is 11.3 Å². The predicted molar refractivity (Wildman–Crippen MR) is 91.3 cm³/mol. The van der Waals surface area contributed by atoms with Crippen LogP contribution in [-0.4, -0.2) is 12.5 Å². The molecule has 0 saturated carbocycles. The van der Waals surface area contributed by atoms with Crippen molar-refractivity contribution in [3.8, 4) is 6.07 Å². The number of benzene rings is 1. The van der Waals surface area contributed by atoms with Crippen LogP contribution in [0.5, 0.6) is 0 Å². The van der Waals surface area contributed by atoms with Crippen LogP contribution in [0.4, 0.5) is 5.00 Å². The summed E-state index contributed by atoms with van der Waals surface area (Å²) in [6, 6.07) is 12.6. The molecule has 1 amide bonds. The van der Waals surface area contributed by atoms with Gasteiger partial charge in [-0.1, -0.05) is 30.3 Å². The summed E-state index contributed by atoms with van der Waals surface area (Å²) in [6.45, 7) is 2.44. The van der Waals surface area contributed by atoms with Gasteiger partial charge in [-0.3, -0.25) is 4.79 Å². The summed E-state index contributed by atoms with van der Waals surface area (Å²) in [5.74, 6) is -0.0517. The molecule has 2 aromatic rings. The Labute approximate surface area is 140 Å². The molecule has 0 spiro atoms. The van der Waals surface area contributed by atoms with Gasteiger partial charge in [0, 0.05) is 10.4 Å². The molecule has 0 fully saturated rings. The lowest BCUT2D eigenvalue weighted by Gasteiger charge is -2.10. The molecule has 1 atom stereocenters. The Hall–Kier alpha value is -2.16. The number of fused-ring (bicyclic) bond motifs is 1. The SMILES string of the molecule is C[C@@H]([NH2+]CC(=O)Nc1sc2c(c1C#N)CCC2)c1ccccc1. The molecule has 1 aliphatic rings. The van der Waals surface area contributed by atoms with Crippen molar-refractivity contribution in [2.75, 3.05) is 11.9 Å². The number of quaternary nitrogens is 1. The van der Waals surface area contributed by atoms with Crippen LogP contribution in [0.25, 0.3) is 0 Å². The van der Waals surface area contributed by atoms with Crippen LogP contribution in [0.2, 0.25) is 0 Å². The Morgan fingerprint density at radius 2 is 2.17 bits per heavy atom. The second kappa shape index (κ2) is 6.95. The largest absolute Gasteiger partial charge is 0.333 e. The molecule has 1 aromatic carbocycles. The zero-order valence-corrected chi connectivity index (χ0v) is 14.0. The van der Waals surface area contributed by atoms with Gasteiger partial charge >= 0.3 is 0 Å². The van der Waals surface area contributed by atoms with E-state index in [0.717, 1.165) is 29.8 Å². The second-order valence-corrected chi connectivity index (χ2v) is 6.97. The highest BCUT2D eigenvalue weighted by molar-refractivity contribution is 7.16. The van der Waals surface area contributed by atoms with Crippen molar-refractivity contribution >= 4 is 22.2 Å². The van der Waals surface area contributed by atoms with Crippen molar-refractivity contribution in [2.24, 2.45) is 0 Å². The molecule has 118 valence electrons. The molecule has 0 radical (unpaired) electrons. The number of thiophene rings is 1. The molecule has 1 aliphatic carbocycles. The van der Waals surface area contributed by atoms with E-state index in [1.165, 1.54) is 10.4 Å². The number of nitrogens with one attached hydrogen (secondary N) is 1. The van der Waals surface area contributed by atoms with Crippen LogP contribution in [-0.2, 0) is 17.6 Å². The van der Waals surface area contributed by atoms with Crippen LogP contribution in [0.1, 0.15) is 41.0 Å². The number of nitriles is 1. The number of aryl methyl sites for hydroxylation is 1. The number of amides is 1. The smallest absolute Gasteiger partial charge is 0.280 e. The molecule has 5 heteroatoms. The van der Waals surface area contributed by atoms with Gasteiger partial charge in [0.05, 0.1) is 5.56 Å². The van der Waals surface area contributed by atoms with Gasteiger partial charge in [0.1, 0.15) is 17.1 Å². The lowest BCUT2D eigenvalue weighted by atomic mass is 10.1. The van der Waals surface area contributed by atoms with Gasteiger partial charge in [0.25, 0.3) is 5.91 Å². The van der Waals surface area contributed by atoms with Crippen molar-refractivity contribution in [1.82, 2.24) is 0 Å². The summed E-state index contributed by atoms with van der Waals surface area (Å²) >= 11 is 1.56. The number of nitrogens with zero attached hydrogens (tertiary/aromatic N) is 1. The Kier molecular flexibility index (Phi) is 4.75. The third-order valence-electron chi connectivity index (χ3n) is 4.27. The highest BCUT2D eigenvalue weighted by Crippen LogP contribution is 2.38. The summed E-state index contributed by atoms with van der Waals surface area (Å²) in [7, 11) is 0. The maximum absolute atomic E-state index is 12.2. The van der Waals surface area contributed by atoms with Gasteiger partial charge < -0.3 is 10.6 Å². The van der Waals surface area contributed by atoms with E-state index in [2.05, 4.69) is 30.4 Å². The van der Waals surface area contributed by atoms with Gasteiger partial charge in [-0.15, -0.1) is 11.3 Å². The number of hydrogen-bond donors (Lipinski definition) is 2. The number of hydrogen-bond acceptors (Lipinski definition) is 3. The minimum atomic E-state index is -0.0517. The molecular formula is C18H20N3OS+. The number of anilines is 1. The highest BCUT2D eigenvalue weighted by atomic mass is 32.1. The fourth-order valence-electron chi connectivity index (χ4n) is 2.96. The van der Waals surface area contributed by atoms with Gasteiger partial charge in [0.15, 0.2) is 6.54 Å². The fraction of sp³-hybridized carbons (Fsp3) is 0.333. The predicted octanol–water partition coefficient (Wildman–Crippen LogP) is 2.37. The van der Waals surface area contributed by atoms with Crippen molar-refractivity contribution in [3.63, 3.8) is 0 Å². The quantitative estimate of drug-likeness (QED) is 0.885. The molecule has 0 saturated heterocycles. The first kappa shape index (κ1) is 15.7. The zero-order valence-electron chi connectivity index (χ0n) is 13.1. The minimum absolute atomic E-state index is 0.0517. The van der Waals surface area contributed by atoms with Crippen molar-refractivity contribution in [3.05, 3.63) is 51.9 Å². The zero-order chi connectivity index (χ0) is 16.2. The van der Waals surface area contributed by atoms with Crippen LogP contribution in [0, 0.1) is 11.3 Å². The molecule has 0 bridgehead atoms. The summed E-state index contributed by atoms with van der Waals surface area (Å²) in [6.07, 6.45) is 3.11. The van der Waals surface area contributed by atoms with Crippen molar-refractivity contribution in [1.29, 1.82) is 5.26 Å². The first-order valence-electron chi connectivity index (χ1n) is 7.91. The molecule has 23 heavy (non-hydrogen) atoms. The maximum Gasteiger partial charge on any atom is 0.280 e. The topological polar surface area (TPSA) is 69.5 Å². The number of rotatable bonds is 5. The summed E-state index contributed by atoms with van der Waals surface area (Å²) in [5, 5.41) is 15.0. The molecule has 3 rings (SSSR count). The van der Waals surface area contributed by atoms with E-state index in [9.17, 15) is 10.1 Å². The molecule has 1 heterocycles. The van der Waals surface area contributed by atoms with E-state index in [0.29, 0.717) is 12.1 Å². The van der Waals surface area contributed by atoms with E-state index < -0.39 is 0 Å². The van der Waals surface area contributed by atoms with E-state index >= 15 is 0 Å². The van der Waals surface area contributed by atoms with E-state index in [-0.39, 0.29) is 11.9 Å². The molecule has 3 N–H and O–H groups in total. The third kappa shape index (κ3) is 3.44. The monoisotopic (exact) mass is 326 g/mol. The standard InChI is InChI=1S/C18H19N3OS/c1-12(13-6-3-2-4-7-13)20-11-17(22)21-18-15(10-19)14-8-5-9-16(14)23-18/h2-4,6-7,12,20H,5,8-9,11H2,1H3,(H,21,22)/p+1/t12-/m1/s1. The Morgan fingerprint density at radius 1 is 1.39 bits per heavy atom. The van der Waals surface area contributed by atoms with Gasteiger partial charge in [0.2, 0.25) is 0 Å². The summed E-state index contributed by atoms with van der Waals surface area (Å²) in [4.78, 5) is 13.5. The Bertz CT molecular complexity index is 746. The molecule has 0 unspecified atom stereocenters. The average Bonchev–Trinajstić information content (AvgIpc) is 3.14. The fourth-order valence-corrected chi connectivity index (χ4v) is 4.22. The lowest BCUT2D eigenvalue weighted by Crippen LogP contribution is -2.86. The summed E-state index contributed by atoms with van der Waals surface area (Å²) < 4.78 is 0. The Balaban J connectivity index is 1.59. The third-order valence-corrected chi connectivity index (χ3v) is 5.48. The normalized spacial score (nSPS) is 14.1. The molecule has 0 aliphatic heterocycles. The van der Waals surface area contributed by atoms with Gasteiger partial charge in [-0.2, -0.15) is 5.26 Å².